The molecule has 0 heterocycles. The first-order valence-electron chi connectivity index (χ1n) is 10.8. The highest BCUT2D eigenvalue weighted by atomic mass is 19.1. The number of ketones is 1. The Balaban J connectivity index is 1.16. The van der Waals surface area contributed by atoms with Crippen molar-refractivity contribution < 1.29 is 18.7 Å². The number of nitrogens with one attached hydrogen (secondary N) is 1. The summed E-state index contributed by atoms with van der Waals surface area (Å²) in [5, 5.41) is 3.30. The molecule has 0 aromatic heterocycles. The molecule has 4 aliphatic rings. The minimum absolute atomic E-state index is 0.0133. The Morgan fingerprint density at radius 1 is 0.867 bits per heavy atom. The molecule has 2 aromatic rings. The molecule has 4 nitrogen and oxygen atoms in total. The summed E-state index contributed by atoms with van der Waals surface area (Å²) >= 11 is 0. The number of carbonyl (C=O) groups is 2. The van der Waals surface area contributed by atoms with Gasteiger partial charge in [-0.3, -0.25) is 9.59 Å². The van der Waals surface area contributed by atoms with Crippen LogP contribution in [0, 0.1) is 23.6 Å². The van der Waals surface area contributed by atoms with E-state index in [4.69, 9.17) is 4.74 Å². The quantitative estimate of drug-likeness (QED) is 0.717. The van der Waals surface area contributed by atoms with Crippen molar-refractivity contribution in [2.45, 2.75) is 44.1 Å². The fourth-order valence-corrected chi connectivity index (χ4v) is 6.21. The van der Waals surface area contributed by atoms with Crippen molar-refractivity contribution in [2.75, 3.05) is 6.61 Å². The van der Waals surface area contributed by atoms with Crippen LogP contribution in [0.2, 0.25) is 0 Å². The Morgan fingerprint density at radius 3 is 1.90 bits per heavy atom. The number of rotatable bonds is 6. The lowest BCUT2D eigenvalue weighted by Crippen LogP contribution is -2.60. The normalized spacial score (nSPS) is 28.9. The van der Waals surface area contributed by atoms with Crippen molar-refractivity contribution in [1.29, 1.82) is 0 Å². The van der Waals surface area contributed by atoms with E-state index in [1.54, 1.807) is 24.3 Å². The van der Waals surface area contributed by atoms with Gasteiger partial charge in [-0.25, -0.2) is 4.39 Å². The first-order valence-corrected chi connectivity index (χ1v) is 10.8. The molecule has 1 N–H and O–H groups in total. The smallest absolute Gasteiger partial charge is 0.258 e. The highest BCUT2D eigenvalue weighted by molar-refractivity contribution is 6.09. The topological polar surface area (TPSA) is 55.4 Å². The molecule has 4 fully saturated rings. The highest BCUT2D eigenvalue weighted by Crippen LogP contribution is 2.55. The van der Waals surface area contributed by atoms with Gasteiger partial charge < -0.3 is 10.1 Å². The van der Waals surface area contributed by atoms with E-state index in [9.17, 15) is 14.0 Å². The molecule has 30 heavy (non-hydrogen) atoms. The van der Waals surface area contributed by atoms with Crippen LogP contribution in [-0.2, 0) is 4.79 Å². The van der Waals surface area contributed by atoms with Crippen molar-refractivity contribution in [2.24, 2.45) is 17.8 Å². The number of hydrogen-bond acceptors (Lipinski definition) is 3. The van der Waals surface area contributed by atoms with E-state index in [2.05, 4.69) is 5.32 Å². The number of amides is 1. The SMILES string of the molecule is O=C(COc1ccc(C(=O)c2ccc(F)cc2)cc1)NC12CC3CC(CC(C3)C1)C2. The lowest BCUT2D eigenvalue weighted by Gasteiger charge is -2.56. The molecule has 5 heteroatoms. The molecule has 4 bridgehead atoms. The Bertz CT molecular complexity index is 916. The van der Waals surface area contributed by atoms with Gasteiger partial charge in [0.1, 0.15) is 11.6 Å². The van der Waals surface area contributed by atoms with E-state index in [0.717, 1.165) is 37.0 Å². The fraction of sp³-hybridized carbons (Fsp3) is 0.440. The van der Waals surface area contributed by atoms with Gasteiger partial charge in [-0.1, -0.05) is 0 Å². The summed E-state index contributed by atoms with van der Waals surface area (Å²) in [6.07, 6.45) is 7.37. The monoisotopic (exact) mass is 407 g/mol. The first kappa shape index (κ1) is 19.3. The molecular weight excluding hydrogens is 381 g/mol. The van der Waals surface area contributed by atoms with E-state index >= 15 is 0 Å². The highest BCUT2D eigenvalue weighted by Gasteiger charge is 2.51. The summed E-state index contributed by atoms with van der Waals surface area (Å²) in [6.45, 7) is -0.0208. The molecule has 0 saturated heterocycles. The fourth-order valence-electron chi connectivity index (χ4n) is 6.21. The number of halogens is 1. The van der Waals surface area contributed by atoms with Crippen molar-refractivity contribution in [3.05, 3.63) is 65.5 Å². The largest absolute Gasteiger partial charge is 0.484 e. The maximum Gasteiger partial charge on any atom is 0.258 e. The number of benzene rings is 2. The van der Waals surface area contributed by atoms with Crippen molar-refractivity contribution in [3.8, 4) is 5.75 Å². The standard InChI is InChI=1S/C25H26FNO3/c26-21-5-1-19(2-6-21)24(29)20-3-7-22(8-4-20)30-15-23(28)27-25-12-16-9-17(13-25)11-18(10-16)14-25/h1-8,16-18H,9-15H2,(H,27,28). The average Bonchev–Trinajstić information content (AvgIpc) is 2.71. The lowest BCUT2D eigenvalue weighted by atomic mass is 9.53. The van der Waals surface area contributed by atoms with E-state index in [1.165, 1.54) is 43.5 Å². The molecule has 0 radical (unpaired) electrons. The van der Waals surface area contributed by atoms with Crippen LogP contribution < -0.4 is 10.1 Å². The van der Waals surface area contributed by atoms with Gasteiger partial charge in [-0.2, -0.15) is 0 Å². The van der Waals surface area contributed by atoms with Crippen LogP contribution in [0.5, 0.6) is 5.75 Å². The van der Waals surface area contributed by atoms with Gasteiger partial charge >= 0.3 is 0 Å². The molecule has 156 valence electrons. The van der Waals surface area contributed by atoms with Crippen LogP contribution in [0.15, 0.2) is 48.5 Å². The Kier molecular flexibility index (Phi) is 4.84. The summed E-state index contributed by atoms with van der Waals surface area (Å²) in [6, 6.07) is 12.2. The van der Waals surface area contributed by atoms with Crippen LogP contribution in [0.25, 0.3) is 0 Å². The Labute approximate surface area is 175 Å². The van der Waals surface area contributed by atoms with Crippen LogP contribution >= 0.6 is 0 Å². The molecule has 2 aromatic carbocycles. The third-order valence-electron chi connectivity index (χ3n) is 7.04. The summed E-state index contributed by atoms with van der Waals surface area (Å²) < 4.78 is 18.7. The molecule has 0 atom stereocenters. The van der Waals surface area contributed by atoms with Gasteiger partial charge in [0, 0.05) is 16.7 Å². The molecule has 0 aliphatic heterocycles. The maximum atomic E-state index is 13.0. The van der Waals surface area contributed by atoms with Crippen LogP contribution in [0.4, 0.5) is 4.39 Å². The number of ether oxygens (including phenoxy) is 1. The zero-order valence-corrected chi connectivity index (χ0v) is 16.9. The molecular formula is C25H26FNO3. The molecule has 0 spiro atoms. The third kappa shape index (κ3) is 3.85. The Morgan fingerprint density at radius 2 is 1.37 bits per heavy atom. The third-order valence-corrected chi connectivity index (χ3v) is 7.04. The van der Waals surface area contributed by atoms with E-state index in [1.807, 2.05) is 0 Å². The minimum Gasteiger partial charge on any atom is -0.484 e. The second-order valence-electron chi connectivity index (χ2n) is 9.40. The van der Waals surface area contributed by atoms with Crippen LogP contribution in [-0.4, -0.2) is 23.8 Å². The minimum atomic E-state index is -0.373. The van der Waals surface area contributed by atoms with Gasteiger partial charge in [0.05, 0.1) is 0 Å². The number of hydrogen-bond donors (Lipinski definition) is 1. The predicted octanol–water partition coefficient (Wildman–Crippen LogP) is 4.52. The van der Waals surface area contributed by atoms with Gasteiger partial charge in [0.2, 0.25) is 0 Å². The Hall–Kier alpha value is -2.69. The lowest BCUT2D eigenvalue weighted by molar-refractivity contribution is -0.128. The first-order chi connectivity index (χ1) is 14.5. The second kappa shape index (κ2) is 7.53. The molecule has 6 rings (SSSR count). The average molecular weight is 407 g/mol. The van der Waals surface area contributed by atoms with Gasteiger partial charge in [-0.15, -0.1) is 0 Å². The molecule has 4 aliphatic carbocycles. The zero-order chi connectivity index (χ0) is 20.7. The van der Waals surface area contributed by atoms with Gasteiger partial charge in [0.25, 0.3) is 5.91 Å². The molecule has 4 saturated carbocycles. The predicted molar refractivity (Wildman–Crippen MR) is 111 cm³/mol. The summed E-state index contributed by atoms with van der Waals surface area (Å²) in [5.41, 5.74) is 0.910. The van der Waals surface area contributed by atoms with Gasteiger partial charge in [0.15, 0.2) is 12.4 Å². The van der Waals surface area contributed by atoms with E-state index < -0.39 is 0 Å². The van der Waals surface area contributed by atoms with E-state index in [0.29, 0.717) is 16.9 Å². The molecule has 1 amide bonds. The van der Waals surface area contributed by atoms with Crippen molar-refractivity contribution in [1.82, 2.24) is 5.32 Å². The van der Waals surface area contributed by atoms with Gasteiger partial charge in [-0.05, 0) is 105 Å². The molecule has 0 unspecified atom stereocenters. The summed E-state index contributed by atoms with van der Waals surface area (Å²) in [5.74, 6) is 2.27. The van der Waals surface area contributed by atoms with E-state index in [-0.39, 0.29) is 29.7 Å². The second-order valence-corrected chi connectivity index (χ2v) is 9.40. The summed E-state index contributed by atoms with van der Waals surface area (Å²) in [7, 11) is 0. The van der Waals surface area contributed by atoms with Crippen LogP contribution in [0.3, 0.4) is 0 Å². The summed E-state index contributed by atoms with van der Waals surface area (Å²) in [4.78, 5) is 25.0. The zero-order valence-electron chi connectivity index (χ0n) is 16.9. The van der Waals surface area contributed by atoms with Crippen molar-refractivity contribution >= 4 is 11.7 Å². The number of carbonyl (C=O) groups excluding carboxylic acids is 2. The van der Waals surface area contributed by atoms with Crippen LogP contribution in [0.1, 0.15) is 54.4 Å². The van der Waals surface area contributed by atoms with Crippen molar-refractivity contribution in [3.63, 3.8) is 0 Å². The maximum absolute atomic E-state index is 13.0.